The number of rotatable bonds is 5. The van der Waals surface area contributed by atoms with Crippen molar-refractivity contribution in [2.24, 2.45) is 5.92 Å². The maximum Gasteiger partial charge on any atom is 0.410 e. The number of hydrogen-bond donors (Lipinski definition) is 1. The van der Waals surface area contributed by atoms with Gasteiger partial charge in [0, 0.05) is 12.5 Å². The summed E-state index contributed by atoms with van der Waals surface area (Å²) < 4.78 is 5.73. The van der Waals surface area contributed by atoms with Crippen LogP contribution in [0, 0.1) is 5.92 Å². The SMILES string of the molecule is CC(C)C[C@@]1(C(=O)O)CCCN1C(=O)OCC1c2ccccc2-c2ccccc21. The van der Waals surface area contributed by atoms with E-state index in [2.05, 4.69) is 24.3 Å². The second-order valence-corrected chi connectivity index (χ2v) is 8.49. The predicted molar refractivity (Wildman–Crippen MR) is 111 cm³/mol. The standard InChI is InChI=1S/C24H27NO4/c1-16(2)14-24(22(26)27)12-7-13-25(24)23(28)29-15-21-19-10-5-3-8-17(19)18-9-4-6-11-20(18)21/h3-6,8-11,16,21H,7,12-15H2,1-2H3,(H,26,27)/t24-/m1/s1. The van der Waals surface area contributed by atoms with E-state index in [9.17, 15) is 14.7 Å². The van der Waals surface area contributed by atoms with Crippen LogP contribution in [0.3, 0.4) is 0 Å². The van der Waals surface area contributed by atoms with Crippen molar-refractivity contribution in [3.63, 3.8) is 0 Å². The number of ether oxygens (including phenoxy) is 1. The Morgan fingerprint density at radius 1 is 1.10 bits per heavy atom. The monoisotopic (exact) mass is 393 g/mol. The molecule has 29 heavy (non-hydrogen) atoms. The zero-order chi connectivity index (χ0) is 20.6. The summed E-state index contributed by atoms with van der Waals surface area (Å²) >= 11 is 0. The Labute approximate surface area is 171 Å². The number of amides is 1. The third kappa shape index (κ3) is 3.28. The van der Waals surface area contributed by atoms with Crippen molar-refractivity contribution < 1.29 is 19.4 Å². The Balaban J connectivity index is 1.55. The lowest BCUT2D eigenvalue weighted by atomic mass is 9.86. The highest BCUT2D eigenvalue weighted by Crippen LogP contribution is 2.45. The van der Waals surface area contributed by atoms with E-state index in [1.165, 1.54) is 16.0 Å². The molecule has 1 aliphatic carbocycles. The highest BCUT2D eigenvalue weighted by Gasteiger charge is 2.51. The van der Waals surface area contributed by atoms with Gasteiger partial charge in [0.05, 0.1) is 0 Å². The molecule has 1 amide bonds. The number of carboxylic acids is 1. The van der Waals surface area contributed by atoms with E-state index in [-0.39, 0.29) is 18.4 Å². The van der Waals surface area contributed by atoms with Crippen molar-refractivity contribution in [3.05, 3.63) is 59.7 Å². The van der Waals surface area contributed by atoms with Crippen molar-refractivity contribution in [1.82, 2.24) is 4.90 Å². The molecule has 0 radical (unpaired) electrons. The van der Waals surface area contributed by atoms with Gasteiger partial charge in [0.1, 0.15) is 12.1 Å². The zero-order valence-corrected chi connectivity index (χ0v) is 16.9. The summed E-state index contributed by atoms with van der Waals surface area (Å²) in [6.07, 6.45) is 1.08. The number of aliphatic carboxylic acids is 1. The van der Waals surface area contributed by atoms with E-state index in [1.54, 1.807) is 0 Å². The molecule has 2 aromatic rings. The average molecular weight is 393 g/mol. The maximum absolute atomic E-state index is 13.0. The Morgan fingerprint density at radius 3 is 2.24 bits per heavy atom. The summed E-state index contributed by atoms with van der Waals surface area (Å²) in [5.74, 6) is -0.788. The number of carbonyl (C=O) groups excluding carboxylic acids is 1. The molecule has 1 fully saturated rings. The molecule has 2 aliphatic rings. The minimum Gasteiger partial charge on any atom is -0.479 e. The molecule has 0 saturated carbocycles. The number of fused-ring (bicyclic) bond motifs is 3. The molecule has 1 aliphatic heterocycles. The van der Waals surface area contributed by atoms with E-state index in [4.69, 9.17) is 4.74 Å². The van der Waals surface area contributed by atoms with Gasteiger partial charge in [-0.25, -0.2) is 9.59 Å². The first-order valence-corrected chi connectivity index (χ1v) is 10.3. The minimum atomic E-state index is -1.16. The fourth-order valence-corrected chi connectivity index (χ4v) is 5.01. The normalized spacial score (nSPS) is 20.6. The lowest BCUT2D eigenvalue weighted by Crippen LogP contribution is -2.54. The van der Waals surface area contributed by atoms with Crippen LogP contribution in [0.2, 0.25) is 0 Å². The van der Waals surface area contributed by atoms with Crippen LogP contribution in [0.5, 0.6) is 0 Å². The van der Waals surface area contributed by atoms with Crippen LogP contribution in [-0.2, 0) is 9.53 Å². The molecule has 0 spiro atoms. The Morgan fingerprint density at radius 2 is 1.69 bits per heavy atom. The minimum absolute atomic E-state index is 0.0294. The number of carboxylic acid groups (broad SMARTS) is 1. The van der Waals surface area contributed by atoms with Gasteiger partial charge in [-0.15, -0.1) is 0 Å². The van der Waals surface area contributed by atoms with Crippen molar-refractivity contribution in [3.8, 4) is 11.1 Å². The highest BCUT2D eigenvalue weighted by atomic mass is 16.6. The molecule has 1 saturated heterocycles. The summed E-state index contributed by atoms with van der Waals surface area (Å²) in [6.45, 7) is 4.61. The largest absolute Gasteiger partial charge is 0.479 e. The fourth-order valence-electron chi connectivity index (χ4n) is 5.01. The molecule has 2 aromatic carbocycles. The molecule has 1 heterocycles. The number of likely N-dealkylation sites (tertiary alicyclic amines) is 1. The molecule has 4 rings (SSSR count). The van der Waals surface area contributed by atoms with Crippen LogP contribution in [0.25, 0.3) is 11.1 Å². The lowest BCUT2D eigenvalue weighted by Gasteiger charge is -2.35. The van der Waals surface area contributed by atoms with Gasteiger partial charge in [-0.05, 0) is 47.4 Å². The van der Waals surface area contributed by atoms with Gasteiger partial charge in [-0.3, -0.25) is 4.90 Å². The third-order valence-corrected chi connectivity index (χ3v) is 6.19. The lowest BCUT2D eigenvalue weighted by molar-refractivity contribution is -0.150. The van der Waals surface area contributed by atoms with Gasteiger partial charge < -0.3 is 9.84 Å². The molecule has 1 atom stereocenters. The van der Waals surface area contributed by atoms with Crippen LogP contribution < -0.4 is 0 Å². The van der Waals surface area contributed by atoms with Crippen molar-refractivity contribution in [2.75, 3.05) is 13.2 Å². The van der Waals surface area contributed by atoms with Gasteiger partial charge in [0.15, 0.2) is 0 Å². The Hall–Kier alpha value is -2.82. The summed E-state index contributed by atoms with van der Waals surface area (Å²) in [5.41, 5.74) is 3.48. The van der Waals surface area contributed by atoms with Crippen molar-refractivity contribution in [2.45, 2.75) is 44.6 Å². The first-order chi connectivity index (χ1) is 13.9. The van der Waals surface area contributed by atoms with Gasteiger partial charge in [0.25, 0.3) is 0 Å². The maximum atomic E-state index is 13.0. The Kier molecular flexibility index (Phi) is 5.07. The smallest absolute Gasteiger partial charge is 0.410 e. The topological polar surface area (TPSA) is 66.8 Å². The highest BCUT2D eigenvalue weighted by molar-refractivity contribution is 5.85. The van der Waals surface area contributed by atoms with E-state index < -0.39 is 17.6 Å². The number of carbonyl (C=O) groups is 2. The molecule has 5 heteroatoms. The molecule has 0 unspecified atom stereocenters. The van der Waals surface area contributed by atoms with Crippen LogP contribution in [-0.4, -0.2) is 40.8 Å². The summed E-state index contributed by atoms with van der Waals surface area (Å²) in [5, 5.41) is 9.92. The van der Waals surface area contributed by atoms with E-state index in [1.807, 2.05) is 38.1 Å². The first kappa shape index (κ1) is 19.5. The molecule has 0 aromatic heterocycles. The van der Waals surface area contributed by atoms with Crippen LogP contribution >= 0.6 is 0 Å². The van der Waals surface area contributed by atoms with Crippen LogP contribution in [0.1, 0.15) is 50.2 Å². The molecule has 5 nitrogen and oxygen atoms in total. The second-order valence-electron chi connectivity index (χ2n) is 8.49. The molecule has 0 bridgehead atoms. The van der Waals surface area contributed by atoms with Gasteiger partial charge >= 0.3 is 12.1 Å². The number of benzene rings is 2. The molecule has 152 valence electrons. The first-order valence-electron chi connectivity index (χ1n) is 10.3. The van der Waals surface area contributed by atoms with Crippen molar-refractivity contribution in [1.29, 1.82) is 0 Å². The van der Waals surface area contributed by atoms with E-state index in [0.717, 1.165) is 11.1 Å². The summed E-state index contributed by atoms with van der Waals surface area (Å²) in [6, 6.07) is 16.4. The quantitative estimate of drug-likeness (QED) is 0.784. The number of hydrogen-bond acceptors (Lipinski definition) is 3. The molecule has 1 N–H and O–H groups in total. The third-order valence-electron chi connectivity index (χ3n) is 6.19. The summed E-state index contributed by atoms with van der Waals surface area (Å²) in [4.78, 5) is 26.5. The predicted octanol–water partition coefficient (Wildman–Crippen LogP) is 4.90. The van der Waals surface area contributed by atoms with Crippen LogP contribution in [0.15, 0.2) is 48.5 Å². The number of nitrogens with zero attached hydrogens (tertiary/aromatic N) is 1. The van der Waals surface area contributed by atoms with E-state index >= 15 is 0 Å². The van der Waals surface area contributed by atoms with E-state index in [0.29, 0.717) is 25.8 Å². The average Bonchev–Trinajstić information content (AvgIpc) is 3.26. The molecular formula is C24H27NO4. The second kappa shape index (κ2) is 7.54. The van der Waals surface area contributed by atoms with Crippen LogP contribution in [0.4, 0.5) is 4.79 Å². The molecular weight excluding hydrogens is 366 g/mol. The van der Waals surface area contributed by atoms with Gasteiger partial charge in [-0.1, -0.05) is 62.4 Å². The van der Waals surface area contributed by atoms with Crippen molar-refractivity contribution >= 4 is 12.1 Å². The van der Waals surface area contributed by atoms with Gasteiger partial charge in [-0.2, -0.15) is 0 Å². The van der Waals surface area contributed by atoms with Gasteiger partial charge in [0.2, 0.25) is 0 Å². The summed E-state index contributed by atoms with van der Waals surface area (Å²) in [7, 11) is 0. The Bertz CT molecular complexity index is 892. The zero-order valence-electron chi connectivity index (χ0n) is 16.9. The fraction of sp³-hybridized carbons (Fsp3) is 0.417.